The van der Waals surface area contributed by atoms with E-state index in [0.29, 0.717) is 6.54 Å². The number of aliphatic hydroxyl groups is 1. The van der Waals surface area contributed by atoms with Crippen LogP contribution in [0.5, 0.6) is 5.75 Å². The van der Waals surface area contributed by atoms with Gasteiger partial charge in [0.25, 0.3) is 0 Å². The zero-order valence-corrected chi connectivity index (χ0v) is 11.4. The van der Waals surface area contributed by atoms with Gasteiger partial charge < -0.3 is 14.7 Å². The first kappa shape index (κ1) is 13.8. The predicted octanol–water partition coefficient (Wildman–Crippen LogP) is 2.46. The van der Waals surface area contributed by atoms with Gasteiger partial charge in [0, 0.05) is 13.6 Å². The van der Waals surface area contributed by atoms with Gasteiger partial charge in [-0.2, -0.15) is 0 Å². The molecule has 0 amide bonds. The lowest BCUT2D eigenvalue weighted by Crippen LogP contribution is -2.36. The highest BCUT2D eigenvalue weighted by Crippen LogP contribution is 2.29. The molecule has 1 rings (SSSR count). The number of nitrogens with zero attached hydrogens (tertiary/aromatic N) is 1. The molecule has 0 unspecified atom stereocenters. The fourth-order valence-corrected chi connectivity index (χ4v) is 1.92. The summed E-state index contributed by atoms with van der Waals surface area (Å²) < 4.78 is 5.36. The van der Waals surface area contributed by atoms with Crippen LogP contribution in [0.1, 0.15) is 26.3 Å². The van der Waals surface area contributed by atoms with Crippen LogP contribution in [-0.2, 0) is 6.42 Å². The van der Waals surface area contributed by atoms with Gasteiger partial charge in [-0.15, -0.1) is 0 Å². The summed E-state index contributed by atoms with van der Waals surface area (Å²) in [5, 5.41) is 9.86. The van der Waals surface area contributed by atoms with Crippen molar-refractivity contribution in [2.24, 2.45) is 0 Å². The monoisotopic (exact) mass is 237 g/mol. The number of benzene rings is 1. The summed E-state index contributed by atoms with van der Waals surface area (Å²) in [4.78, 5) is 2.03. The van der Waals surface area contributed by atoms with Crippen molar-refractivity contribution >= 4 is 5.69 Å². The Balaban J connectivity index is 3.01. The lowest BCUT2D eigenvalue weighted by molar-refractivity contribution is 0.0885. The number of rotatable bonds is 5. The van der Waals surface area contributed by atoms with Gasteiger partial charge in [-0.1, -0.05) is 13.0 Å². The normalized spacial score (nSPS) is 11.4. The maximum Gasteiger partial charge on any atom is 0.142 e. The van der Waals surface area contributed by atoms with Crippen LogP contribution in [0.15, 0.2) is 18.2 Å². The molecule has 3 heteroatoms. The molecular formula is C14H23NO2. The topological polar surface area (TPSA) is 32.7 Å². The maximum absolute atomic E-state index is 9.86. The molecule has 0 atom stereocenters. The summed E-state index contributed by atoms with van der Waals surface area (Å²) in [6, 6.07) is 6.17. The molecule has 0 bridgehead atoms. The fourth-order valence-electron chi connectivity index (χ4n) is 1.92. The van der Waals surface area contributed by atoms with Crippen molar-refractivity contribution in [3.8, 4) is 5.75 Å². The number of methoxy groups -OCH3 is 1. The third-order valence-electron chi connectivity index (χ3n) is 2.69. The minimum Gasteiger partial charge on any atom is -0.495 e. The average Bonchev–Trinajstić information content (AvgIpc) is 2.25. The number of ether oxygens (including phenoxy) is 1. The van der Waals surface area contributed by atoms with E-state index in [2.05, 4.69) is 19.1 Å². The van der Waals surface area contributed by atoms with Crippen LogP contribution in [-0.4, -0.2) is 31.4 Å². The van der Waals surface area contributed by atoms with E-state index in [1.165, 1.54) is 5.56 Å². The van der Waals surface area contributed by atoms with Crippen molar-refractivity contribution in [1.82, 2.24) is 0 Å². The van der Waals surface area contributed by atoms with Gasteiger partial charge >= 0.3 is 0 Å². The summed E-state index contributed by atoms with van der Waals surface area (Å²) in [5.74, 6) is 0.842. The first-order valence-electron chi connectivity index (χ1n) is 5.98. The van der Waals surface area contributed by atoms with E-state index in [1.807, 2.05) is 18.0 Å². The predicted molar refractivity (Wildman–Crippen MR) is 71.9 cm³/mol. The molecule has 96 valence electrons. The van der Waals surface area contributed by atoms with Crippen LogP contribution < -0.4 is 9.64 Å². The molecule has 0 radical (unpaired) electrons. The minimum absolute atomic E-state index is 0.566. The summed E-state index contributed by atoms with van der Waals surface area (Å²) in [6.45, 7) is 6.30. The third-order valence-corrected chi connectivity index (χ3v) is 2.69. The lowest BCUT2D eigenvalue weighted by Gasteiger charge is -2.28. The Kier molecular flexibility index (Phi) is 4.40. The quantitative estimate of drug-likeness (QED) is 0.854. The van der Waals surface area contributed by atoms with Crippen molar-refractivity contribution in [3.63, 3.8) is 0 Å². The highest BCUT2D eigenvalue weighted by molar-refractivity contribution is 5.60. The van der Waals surface area contributed by atoms with E-state index in [0.717, 1.165) is 17.9 Å². The van der Waals surface area contributed by atoms with Crippen LogP contribution in [0.3, 0.4) is 0 Å². The van der Waals surface area contributed by atoms with Crippen LogP contribution in [0, 0.1) is 0 Å². The second kappa shape index (κ2) is 5.41. The lowest BCUT2D eigenvalue weighted by atomic mass is 10.1. The van der Waals surface area contributed by atoms with Gasteiger partial charge in [0.05, 0.1) is 18.4 Å². The molecule has 0 saturated heterocycles. The smallest absolute Gasteiger partial charge is 0.142 e. The summed E-state index contributed by atoms with van der Waals surface area (Å²) >= 11 is 0. The number of likely N-dealkylation sites (N-methyl/N-ethyl adjacent to an activating group) is 1. The molecule has 0 aliphatic carbocycles. The van der Waals surface area contributed by atoms with Crippen molar-refractivity contribution < 1.29 is 9.84 Å². The second-order valence-electron chi connectivity index (χ2n) is 5.03. The molecule has 0 heterocycles. The minimum atomic E-state index is -0.720. The fraction of sp³-hybridized carbons (Fsp3) is 0.571. The van der Waals surface area contributed by atoms with E-state index in [9.17, 15) is 5.11 Å². The van der Waals surface area contributed by atoms with Gasteiger partial charge in [0.15, 0.2) is 0 Å². The van der Waals surface area contributed by atoms with E-state index in [1.54, 1.807) is 21.0 Å². The molecule has 0 spiro atoms. The van der Waals surface area contributed by atoms with Crippen molar-refractivity contribution in [2.75, 3.05) is 25.6 Å². The van der Waals surface area contributed by atoms with Gasteiger partial charge in [-0.25, -0.2) is 0 Å². The molecule has 1 aromatic rings. The van der Waals surface area contributed by atoms with Gasteiger partial charge in [-0.05, 0) is 38.0 Å². The SMILES string of the molecule is CCc1ccc(OC)c(N(C)CC(C)(C)O)c1. The molecule has 0 aliphatic heterocycles. The van der Waals surface area contributed by atoms with E-state index >= 15 is 0 Å². The van der Waals surface area contributed by atoms with Crippen LogP contribution >= 0.6 is 0 Å². The Morgan fingerprint density at radius 3 is 2.47 bits per heavy atom. The van der Waals surface area contributed by atoms with Gasteiger partial charge in [0.1, 0.15) is 5.75 Å². The average molecular weight is 237 g/mol. The van der Waals surface area contributed by atoms with Crippen molar-refractivity contribution in [2.45, 2.75) is 32.8 Å². The Morgan fingerprint density at radius 1 is 1.35 bits per heavy atom. The summed E-state index contributed by atoms with van der Waals surface area (Å²) in [5.41, 5.74) is 1.57. The molecule has 1 N–H and O–H groups in total. The van der Waals surface area contributed by atoms with E-state index in [4.69, 9.17) is 4.74 Å². The Labute approximate surface area is 104 Å². The first-order valence-corrected chi connectivity index (χ1v) is 5.98. The van der Waals surface area contributed by atoms with Crippen LogP contribution in [0.4, 0.5) is 5.69 Å². The molecule has 0 fully saturated rings. The Hall–Kier alpha value is -1.22. The zero-order chi connectivity index (χ0) is 13.1. The molecule has 1 aromatic carbocycles. The highest BCUT2D eigenvalue weighted by atomic mass is 16.5. The van der Waals surface area contributed by atoms with Crippen LogP contribution in [0.25, 0.3) is 0 Å². The molecular weight excluding hydrogens is 214 g/mol. The van der Waals surface area contributed by atoms with Crippen molar-refractivity contribution in [1.29, 1.82) is 0 Å². The molecule has 3 nitrogen and oxygen atoms in total. The molecule has 0 saturated carbocycles. The Morgan fingerprint density at radius 2 is 2.00 bits per heavy atom. The van der Waals surface area contributed by atoms with Crippen LogP contribution in [0.2, 0.25) is 0 Å². The number of hydrogen-bond acceptors (Lipinski definition) is 3. The van der Waals surface area contributed by atoms with Gasteiger partial charge in [0.2, 0.25) is 0 Å². The highest BCUT2D eigenvalue weighted by Gasteiger charge is 2.18. The number of aryl methyl sites for hydroxylation is 1. The van der Waals surface area contributed by atoms with E-state index in [-0.39, 0.29) is 0 Å². The maximum atomic E-state index is 9.86. The largest absolute Gasteiger partial charge is 0.495 e. The summed E-state index contributed by atoms with van der Waals surface area (Å²) in [6.07, 6.45) is 0.993. The van der Waals surface area contributed by atoms with E-state index < -0.39 is 5.60 Å². The van der Waals surface area contributed by atoms with Crippen molar-refractivity contribution in [3.05, 3.63) is 23.8 Å². The number of anilines is 1. The molecule has 17 heavy (non-hydrogen) atoms. The Bertz CT molecular complexity index is 369. The second-order valence-corrected chi connectivity index (χ2v) is 5.03. The summed E-state index contributed by atoms with van der Waals surface area (Å²) in [7, 11) is 3.64. The standard InChI is InChI=1S/C14H23NO2/c1-6-11-7-8-13(17-5)12(9-11)15(4)10-14(2,3)16/h7-9,16H,6,10H2,1-5H3. The molecule has 0 aliphatic rings. The first-order chi connectivity index (χ1) is 7.87. The van der Waals surface area contributed by atoms with Gasteiger partial charge in [-0.3, -0.25) is 0 Å². The zero-order valence-electron chi connectivity index (χ0n) is 11.4. The third kappa shape index (κ3) is 3.93. The molecule has 0 aromatic heterocycles. The number of hydrogen-bond donors (Lipinski definition) is 1.